The van der Waals surface area contributed by atoms with Crippen molar-refractivity contribution in [2.45, 2.75) is 13.3 Å². The normalized spacial score (nSPS) is 10.4. The molecule has 3 nitrogen and oxygen atoms in total. The number of aryl methyl sites for hydroxylation is 1. The van der Waals surface area contributed by atoms with Gasteiger partial charge in [-0.2, -0.15) is 0 Å². The molecule has 0 aliphatic carbocycles. The minimum Gasteiger partial charge on any atom is -0.507 e. The SMILES string of the molecule is Cc1cc(F)ccc1CCNC(=O)c1ccc(I)c(O)c1. The van der Waals surface area contributed by atoms with E-state index in [9.17, 15) is 14.3 Å². The summed E-state index contributed by atoms with van der Waals surface area (Å²) in [5, 5.41) is 12.4. The molecule has 0 aromatic heterocycles. The number of hydrogen-bond donors (Lipinski definition) is 2. The molecular formula is C16H15FINO2. The van der Waals surface area contributed by atoms with Crippen LogP contribution in [0.25, 0.3) is 0 Å². The predicted molar refractivity (Wildman–Crippen MR) is 88.0 cm³/mol. The zero-order valence-corrected chi connectivity index (χ0v) is 13.6. The number of rotatable bonds is 4. The molecule has 110 valence electrons. The van der Waals surface area contributed by atoms with Crippen molar-refractivity contribution in [3.8, 4) is 5.75 Å². The minimum atomic E-state index is -0.255. The second-order valence-corrected chi connectivity index (χ2v) is 5.91. The first kappa shape index (κ1) is 15.8. The molecule has 0 saturated heterocycles. The number of nitrogens with one attached hydrogen (secondary N) is 1. The van der Waals surface area contributed by atoms with Gasteiger partial charge in [-0.15, -0.1) is 0 Å². The summed E-state index contributed by atoms with van der Waals surface area (Å²) in [6.45, 7) is 2.30. The van der Waals surface area contributed by atoms with E-state index >= 15 is 0 Å². The molecular weight excluding hydrogens is 384 g/mol. The molecule has 2 aromatic rings. The van der Waals surface area contributed by atoms with Crippen LogP contribution in [0.5, 0.6) is 5.75 Å². The van der Waals surface area contributed by atoms with Crippen molar-refractivity contribution in [1.29, 1.82) is 0 Å². The van der Waals surface area contributed by atoms with Gasteiger partial charge in [-0.3, -0.25) is 4.79 Å². The Kier molecular flexibility index (Phi) is 5.17. The van der Waals surface area contributed by atoms with Crippen molar-refractivity contribution < 1.29 is 14.3 Å². The Hall–Kier alpha value is -1.63. The number of aromatic hydroxyl groups is 1. The molecule has 5 heteroatoms. The Bertz CT molecular complexity index is 673. The van der Waals surface area contributed by atoms with Crippen LogP contribution in [-0.4, -0.2) is 17.6 Å². The maximum Gasteiger partial charge on any atom is 0.251 e. The fourth-order valence-electron chi connectivity index (χ4n) is 2.01. The molecule has 0 unspecified atom stereocenters. The van der Waals surface area contributed by atoms with Crippen LogP contribution in [0.1, 0.15) is 21.5 Å². The van der Waals surface area contributed by atoms with Crippen LogP contribution in [0.2, 0.25) is 0 Å². The van der Waals surface area contributed by atoms with E-state index in [1.807, 2.05) is 29.5 Å². The van der Waals surface area contributed by atoms with Gasteiger partial charge < -0.3 is 10.4 Å². The number of phenolic OH excluding ortho intramolecular Hbond substituents is 1. The number of carbonyl (C=O) groups is 1. The van der Waals surface area contributed by atoms with Gasteiger partial charge >= 0.3 is 0 Å². The molecule has 2 N–H and O–H groups in total. The lowest BCUT2D eigenvalue weighted by Gasteiger charge is -2.08. The van der Waals surface area contributed by atoms with Gasteiger partial charge in [-0.05, 0) is 77.4 Å². The highest BCUT2D eigenvalue weighted by atomic mass is 127. The highest BCUT2D eigenvalue weighted by Crippen LogP contribution is 2.20. The minimum absolute atomic E-state index is 0.0950. The van der Waals surface area contributed by atoms with E-state index in [1.165, 1.54) is 18.2 Å². The summed E-state index contributed by atoms with van der Waals surface area (Å²) >= 11 is 1.99. The lowest BCUT2D eigenvalue weighted by atomic mass is 10.1. The third-order valence-corrected chi connectivity index (χ3v) is 4.11. The maximum atomic E-state index is 13.0. The van der Waals surface area contributed by atoms with Gasteiger partial charge in [0.1, 0.15) is 11.6 Å². The lowest BCUT2D eigenvalue weighted by molar-refractivity contribution is 0.0953. The van der Waals surface area contributed by atoms with Crippen LogP contribution in [0.3, 0.4) is 0 Å². The Labute approximate surface area is 136 Å². The second-order valence-electron chi connectivity index (χ2n) is 4.74. The lowest BCUT2D eigenvalue weighted by Crippen LogP contribution is -2.25. The molecule has 0 bridgehead atoms. The zero-order chi connectivity index (χ0) is 15.4. The summed E-state index contributed by atoms with van der Waals surface area (Å²) in [4.78, 5) is 12.0. The average Bonchev–Trinajstić information content (AvgIpc) is 2.44. The van der Waals surface area contributed by atoms with Crippen molar-refractivity contribution in [1.82, 2.24) is 5.32 Å². The van der Waals surface area contributed by atoms with Gasteiger partial charge in [0.15, 0.2) is 0 Å². The van der Waals surface area contributed by atoms with Crippen LogP contribution in [-0.2, 0) is 6.42 Å². The Balaban J connectivity index is 1.93. The molecule has 0 spiro atoms. The summed E-state index contributed by atoms with van der Waals surface area (Å²) in [7, 11) is 0. The quantitative estimate of drug-likeness (QED) is 0.775. The monoisotopic (exact) mass is 399 g/mol. The first-order chi connectivity index (χ1) is 9.97. The first-order valence-electron chi connectivity index (χ1n) is 6.49. The van der Waals surface area contributed by atoms with E-state index in [4.69, 9.17) is 0 Å². The van der Waals surface area contributed by atoms with E-state index in [0.717, 1.165) is 11.1 Å². The highest BCUT2D eigenvalue weighted by Gasteiger charge is 2.08. The van der Waals surface area contributed by atoms with Crippen molar-refractivity contribution in [2.75, 3.05) is 6.54 Å². The third-order valence-electron chi connectivity index (χ3n) is 3.19. The fraction of sp³-hybridized carbons (Fsp3) is 0.188. The number of halogens is 2. The van der Waals surface area contributed by atoms with Crippen molar-refractivity contribution in [2.24, 2.45) is 0 Å². The number of carbonyl (C=O) groups excluding carboxylic acids is 1. The van der Waals surface area contributed by atoms with E-state index < -0.39 is 0 Å². The van der Waals surface area contributed by atoms with Gasteiger partial charge in [0.05, 0.1) is 3.57 Å². The van der Waals surface area contributed by atoms with Crippen LogP contribution >= 0.6 is 22.6 Å². The maximum absolute atomic E-state index is 13.0. The van der Waals surface area contributed by atoms with Gasteiger partial charge in [0.25, 0.3) is 5.91 Å². The molecule has 0 atom stereocenters. The van der Waals surface area contributed by atoms with Crippen molar-refractivity contribution in [3.05, 3.63) is 62.5 Å². The van der Waals surface area contributed by atoms with Crippen LogP contribution in [0.15, 0.2) is 36.4 Å². The smallest absolute Gasteiger partial charge is 0.251 e. The largest absolute Gasteiger partial charge is 0.507 e. The van der Waals surface area contributed by atoms with Gasteiger partial charge in [0, 0.05) is 12.1 Å². The first-order valence-corrected chi connectivity index (χ1v) is 7.57. The molecule has 0 heterocycles. The summed E-state index contributed by atoms with van der Waals surface area (Å²) in [5.41, 5.74) is 2.29. The highest BCUT2D eigenvalue weighted by molar-refractivity contribution is 14.1. The third kappa shape index (κ3) is 4.17. The molecule has 2 aromatic carbocycles. The Morgan fingerprint density at radius 1 is 1.29 bits per heavy atom. The van der Waals surface area contributed by atoms with Gasteiger partial charge in [0.2, 0.25) is 0 Å². The summed E-state index contributed by atoms with van der Waals surface area (Å²) in [6.07, 6.45) is 0.633. The molecule has 0 radical (unpaired) electrons. The fourth-order valence-corrected chi connectivity index (χ4v) is 2.34. The Morgan fingerprint density at radius 3 is 2.71 bits per heavy atom. The van der Waals surface area contributed by atoms with Crippen molar-refractivity contribution in [3.63, 3.8) is 0 Å². The average molecular weight is 399 g/mol. The van der Waals surface area contributed by atoms with E-state index in [0.29, 0.717) is 22.1 Å². The van der Waals surface area contributed by atoms with Crippen LogP contribution in [0.4, 0.5) is 4.39 Å². The predicted octanol–water partition coefficient (Wildman–Crippen LogP) is 3.42. The summed E-state index contributed by atoms with van der Waals surface area (Å²) < 4.78 is 13.7. The topological polar surface area (TPSA) is 49.3 Å². The molecule has 0 aliphatic rings. The van der Waals surface area contributed by atoms with E-state index in [2.05, 4.69) is 5.32 Å². The standard InChI is InChI=1S/C16H15FINO2/c1-10-8-13(17)4-2-11(10)6-7-19-16(21)12-3-5-14(18)15(20)9-12/h2-5,8-9,20H,6-7H2,1H3,(H,19,21). The molecule has 0 aliphatic heterocycles. The molecule has 0 saturated carbocycles. The molecule has 21 heavy (non-hydrogen) atoms. The zero-order valence-electron chi connectivity index (χ0n) is 11.5. The molecule has 1 amide bonds. The summed E-state index contributed by atoms with van der Waals surface area (Å²) in [6, 6.07) is 9.43. The van der Waals surface area contributed by atoms with Crippen molar-refractivity contribution >= 4 is 28.5 Å². The number of amides is 1. The Morgan fingerprint density at radius 2 is 2.05 bits per heavy atom. The summed E-state index contributed by atoms with van der Waals surface area (Å²) in [5.74, 6) is -0.395. The number of phenols is 1. The molecule has 2 rings (SSSR count). The number of hydrogen-bond acceptors (Lipinski definition) is 2. The van der Waals surface area contributed by atoms with E-state index in [1.54, 1.807) is 18.2 Å². The van der Waals surface area contributed by atoms with Crippen LogP contribution in [0, 0.1) is 16.3 Å². The van der Waals surface area contributed by atoms with Crippen LogP contribution < -0.4 is 5.32 Å². The second kappa shape index (κ2) is 6.89. The molecule has 0 fully saturated rings. The number of benzene rings is 2. The van der Waals surface area contributed by atoms with E-state index in [-0.39, 0.29) is 17.5 Å². The van der Waals surface area contributed by atoms with Gasteiger partial charge in [-0.1, -0.05) is 6.07 Å². The van der Waals surface area contributed by atoms with Gasteiger partial charge in [-0.25, -0.2) is 4.39 Å².